The van der Waals surface area contributed by atoms with Gasteiger partial charge in [0.25, 0.3) is 0 Å². The van der Waals surface area contributed by atoms with Gasteiger partial charge in [-0.25, -0.2) is 0 Å². The summed E-state index contributed by atoms with van der Waals surface area (Å²) in [5.74, 6) is -2.90. The fraction of sp³-hybridized carbons (Fsp3) is 0.538. The number of carboxylic acids is 1. The molecule has 41 heavy (non-hydrogen) atoms. The second-order valence-corrected chi connectivity index (χ2v) is 10.0. The van der Waals surface area contributed by atoms with Crippen molar-refractivity contribution in [2.45, 2.75) is 50.2 Å². The highest BCUT2D eigenvalue weighted by molar-refractivity contribution is 7.80. The van der Waals surface area contributed by atoms with Crippen LogP contribution >= 0.6 is 12.6 Å². The molecule has 0 unspecified atom stereocenters. The Hall–Kier alpha value is -3.85. The fourth-order valence-corrected chi connectivity index (χ4v) is 4.59. The Morgan fingerprint density at radius 3 is 2.44 bits per heavy atom. The van der Waals surface area contributed by atoms with Crippen LogP contribution in [0.25, 0.3) is 0 Å². The quantitative estimate of drug-likeness (QED) is 0.0429. The zero-order valence-electron chi connectivity index (χ0n) is 22.9. The maximum atomic E-state index is 13.6. The van der Waals surface area contributed by atoms with Gasteiger partial charge in [-0.2, -0.15) is 12.6 Å². The number of amides is 4. The Labute approximate surface area is 244 Å². The number of carbonyl (C=O) groups is 5. The predicted octanol–water partition coefficient (Wildman–Crippen LogP) is -1.83. The van der Waals surface area contributed by atoms with Crippen LogP contribution in [0.4, 0.5) is 0 Å². The summed E-state index contributed by atoms with van der Waals surface area (Å²) in [6.45, 7) is 0.518. The highest BCUT2D eigenvalue weighted by atomic mass is 32.1. The van der Waals surface area contributed by atoms with Crippen molar-refractivity contribution >= 4 is 48.2 Å². The molecule has 1 aliphatic rings. The normalized spacial score (nSPS) is 15.8. The molecule has 1 saturated heterocycles. The van der Waals surface area contributed by atoms with Crippen LogP contribution in [-0.2, 0) is 30.4 Å². The minimum absolute atomic E-state index is 0.00737. The molecular weight excluding hydrogens is 552 g/mol. The summed E-state index contributed by atoms with van der Waals surface area (Å²) in [5.41, 5.74) is 6.08. The van der Waals surface area contributed by atoms with Crippen molar-refractivity contribution < 1.29 is 29.1 Å². The molecule has 1 aromatic carbocycles. The van der Waals surface area contributed by atoms with Gasteiger partial charge in [-0.15, -0.1) is 0 Å². The predicted molar refractivity (Wildman–Crippen MR) is 155 cm³/mol. The lowest BCUT2D eigenvalue weighted by atomic mass is 10.0. The maximum absolute atomic E-state index is 13.6. The van der Waals surface area contributed by atoms with Crippen molar-refractivity contribution in [3.63, 3.8) is 0 Å². The van der Waals surface area contributed by atoms with Crippen molar-refractivity contribution in [2.75, 3.05) is 38.5 Å². The van der Waals surface area contributed by atoms with Crippen LogP contribution in [0.1, 0.15) is 31.2 Å². The van der Waals surface area contributed by atoms with Crippen molar-refractivity contribution in [3.8, 4) is 0 Å². The minimum atomic E-state index is -1.22. The molecule has 1 heterocycles. The van der Waals surface area contributed by atoms with E-state index in [1.807, 2.05) is 6.07 Å². The molecule has 0 radical (unpaired) electrons. The third-order valence-electron chi connectivity index (χ3n) is 6.36. The van der Waals surface area contributed by atoms with Crippen molar-refractivity contribution in [1.82, 2.24) is 31.5 Å². The van der Waals surface area contributed by atoms with Gasteiger partial charge in [0, 0.05) is 31.8 Å². The molecule has 3 atom stereocenters. The number of thiol groups is 1. The van der Waals surface area contributed by atoms with E-state index in [0.717, 1.165) is 5.56 Å². The summed E-state index contributed by atoms with van der Waals surface area (Å²) in [7, 11) is 0. The van der Waals surface area contributed by atoms with Gasteiger partial charge in [-0.3, -0.25) is 29.4 Å². The Bertz CT molecular complexity index is 1060. The molecule has 1 aliphatic heterocycles. The topological polar surface area (TPSA) is 219 Å². The number of rotatable bonds is 17. The number of guanidine groups is 1. The molecule has 1 aromatic rings. The van der Waals surface area contributed by atoms with Crippen LogP contribution in [0.15, 0.2) is 30.3 Å². The smallest absolute Gasteiger partial charge is 0.322 e. The summed E-state index contributed by atoms with van der Waals surface area (Å²) in [6, 6.07) is 6.11. The zero-order chi connectivity index (χ0) is 30.2. The number of likely N-dealkylation sites (tertiary alicyclic amines) is 1. The molecule has 15 heteroatoms. The van der Waals surface area contributed by atoms with E-state index in [2.05, 4.69) is 39.2 Å². The standard InChI is InChI=1S/C26H40N8O6S/c27-26(28)30-10-4-8-18(32-21(35)15-29-11-13-41)25(40)34-12-5-9-20(34)24(39)33-19(23(38)31-16-22(36)37)14-17-6-2-1-3-7-17/h1-3,6-7,18-20,29,41H,4-5,8-16H2,(H,31,38)(H,32,35)(H,33,39)(H,36,37)(H4,27,28,30)/t18-,19-,20+/m0/s1. The number of aliphatic carboxylic acids is 1. The van der Waals surface area contributed by atoms with Crippen LogP contribution in [0.2, 0.25) is 0 Å². The monoisotopic (exact) mass is 592 g/mol. The Balaban J connectivity index is 2.14. The lowest BCUT2D eigenvalue weighted by Gasteiger charge is -2.30. The van der Waals surface area contributed by atoms with E-state index in [1.165, 1.54) is 4.90 Å². The van der Waals surface area contributed by atoms with Gasteiger partial charge in [-0.05, 0) is 31.2 Å². The molecular formula is C26H40N8O6S. The van der Waals surface area contributed by atoms with E-state index < -0.39 is 48.4 Å². The van der Waals surface area contributed by atoms with E-state index in [1.54, 1.807) is 24.3 Å². The van der Waals surface area contributed by atoms with Crippen LogP contribution in [0.3, 0.4) is 0 Å². The number of hydrogen-bond acceptors (Lipinski definition) is 8. The SMILES string of the molecule is N=C(N)NCCC[C@H](NC(=O)CNCCS)C(=O)N1CCC[C@@H]1C(=O)N[C@@H](Cc1ccccc1)C(=O)NCC(=O)O. The van der Waals surface area contributed by atoms with Crippen molar-refractivity contribution in [2.24, 2.45) is 5.73 Å². The largest absolute Gasteiger partial charge is 0.480 e. The molecule has 226 valence electrons. The number of benzene rings is 1. The van der Waals surface area contributed by atoms with E-state index >= 15 is 0 Å². The molecule has 1 fully saturated rings. The Morgan fingerprint density at radius 2 is 1.78 bits per heavy atom. The summed E-state index contributed by atoms with van der Waals surface area (Å²) >= 11 is 4.09. The lowest BCUT2D eigenvalue weighted by molar-refractivity contribution is -0.142. The third-order valence-corrected chi connectivity index (χ3v) is 6.58. The summed E-state index contributed by atoms with van der Waals surface area (Å²) in [5, 5.41) is 29.6. The molecule has 0 bridgehead atoms. The van der Waals surface area contributed by atoms with E-state index in [0.29, 0.717) is 44.6 Å². The second-order valence-electron chi connectivity index (χ2n) is 9.56. The Morgan fingerprint density at radius 1 is 1.05 bits per heavy atom. The second kappa shape index (κ2) is 17.8. The lowest BCUT2D eigenvalue weighted by Crippen LogP contribution is -2.57. The highest BCUT2D eigenvalue weighted by Crippen LogP contribution is 2.20. The number of nitrogens with two attached hydrogens (primary N) is 1. The van der Waals surface area contributed by atoms with Crippen molar-refractivity contribution in [1.29, 1.82) is 5.41 Å². The number of nitrogens with zero attached hydrogens (tertiary/aromatic N) is 1. The summed E-state index contributed by atoms with van der Waals surface area (Å²) in [6.07, 6.45) is 1.71. The number of carbonyl (C=O) groups excluding carboxylic acids is 4. The molecule has 14 nitrogen and oxygen atoms in total. The fourth-order valence-electron chi connectivity index (χ4n) is 4.43. The van der Waals surface area contributed by atoms with Crippen LogP contribution in [0, 0.1) is 5.41 Å². The van der Waals surface area contributed by atoms with E-state index in [4.69, 9.17) is 16.2 Å². The van der Waals surface area contributed by atoms with Crippen LogP contribution in [0.5, 0.6) is 0 Å². The van der Waals surface area contributed by atoms with Crippen LogP contribution in [-0.4, -0.2) is 102 Å². The van der Waals surface area contributed by atoms with Gasteiger partial charge >= 0.3 is 5.97 Å². The van der Waals surface area contributed by atoms with Crippen LogP contribution < -0.4 is 32.3 Å². The first kappa shape index (κ1) is 33.4. The van der Waals surface area contributed by atoms with Gasteiger partial charge in [-0.1, -0.05) is 30.3 Å². The van der Waals surface area contributed by atoms with Gasteiger partial charge < -0.3 is 42.3 Å². The van der Waals surface area contributed by atoms with Gasteiger partial charge in [0.1, 0.15) is 24.7 Å². The van der Waals surface area contributed by atoms with Gasteiger partial charge in [0.2, 0.25) is 23.6 Å². The number of carboxylic acid groups (broad SMARTS) is 1. The highest BCUT2D eigenvalue weighted by Gasteiger charge is 2.38. The molecule has 0 spiro atoms. The first-order valence-electron chi connectivity index (χ1n) is 13.5. The van der Waals surface area contributed by atoms with Gasteiger partial charge in [0.05, 0.1) is 6.54 Å². The summed E-state index contributed by atoms with van der Waals surface area (Å²) in [4.78, 5) is 64.7. The first-order chi connectivity index (χ1) is 19.6. The zero-order valence-corrected chi connectivity index (χ0v) is 23.8. The number of nitrogens with one attached hydrogen (secondary N) is 6. The first-order valence-corrected chi connectivity index (χ1v) is 14.1. The van der Waals surface area contributed by atoms with E-state index in [-0.39, 0.29) is 31.3 Å². The van der Waals surface area contributed by atoms with Crippen molar-refractivity contribution in [3.05, 3.63) is 35.9 Å². The average molecular weight is 593 g/mol. The molecule has 0 aromatic heterocycles. The molecule has 2 rings (SSSR count). The Kier molecular flexibility index (Phi) is 14.4. The van der Waals surface area contributed by atoms with E-state index in [9.17, 15) is 24.0 Å². The number of hydrogen-bond donors (Lipinski definition) is 9. The minimum Gasteiger partial charge on any atom is -0.480 e. The summed E-state index contributed by atoms with van der Waals surface area (Å²) < 4.78 is 0. The third kappa shape index (κ3) is 12.0. The molecule has 4 amide bonds. The average Bonchev–Trinajstić information content (AvgIpc) is 3.43. The molecule has 0 saturated carbocycles. The molecule has 9 N–H and O–H groups in total. The maximum Gasteiger partial charge on any atom is 0.322 e. The van der Waals surface area contributed by atoms with Gasteiger partial charge in [0.15, 0.2) is 5.96 Å². The molecule has 0 aliphatic carbocycles.